The molecule has 2 N–H and O–H groups in total. The third-order valence-electron chi connectivity index (χ3n) is 5.29. The number of hydrogen-bond donors (Lipinski definition) is 2. The van der Waals surface area contributed by atoms with Gasteiger partial charge in [-0.15, -0.1) is 0 Å². The van der Waals surface area contributed by atoms with Crippen molar-refractivity contribution < 1.29 is 22.3 Å². The first-order chi connectivity index (χ1) is 16.6. The van der Waals surface area contributed by atoms with Crippen LogP contribution in [0.1, 0.15) is 60.2 Å². The molecular weight excluding hydrogens is 462 g/mol. The van der Waals surface area contributed by atoms with E-state index in [0.717, 1.165) is 23.3 Å². The van der Waals surface area contributed by atoms with Crippen LogP contribution in [-0.2, 0) is 23.6 Å². The molecule has 35 heavy (non-hydrogen) atoms. The molecule has 3 aromatic rings. The lowest BCUT2D eigenvalue weighted by Crippen LogP contribution is -2.30. The fourth-order valence-electron chi connectivity index (χ4n) is 3.19. The van der Waals surface area contributed by atoms with E-state index in [2.05, 4.69) is 41.7 Å². The average Bonchev–Trinajstić information content (AvgIpc) is 2.83. The predicted octanol–water partition coefficient (Wildman–Crippen LogP) is 4.64. The Labute approximate surface area is 208 Å². The Hall–Kier alpha value is -3.36. The van der Waals surface area contributed by atoms with Gasteiger partial charge in [0.25, 0.3) is 16.0 Å². The Morgan fingerprint density at radius 2 is 1.66 bits per heavy atom. The number of carbonyl (C=O) groups excluding carboxylic acids is 1. The molecule has 2 aromatic carbocycles. The van der Waals surface area contributed by atoms with E-state index in [4.69, 9.17) is 4.55 Å². The van der Waals surface area contributed by atoms with Crippen molar-refractivity contribution >= 4 is 21.7 Å². The van der Waals surface area contributed by atoms with E-state index in [1.165, 1.54) is 37.0 Å². The quantitative estimate of drug-likeness (QED) is 0.156. The summed E-state index contributed by atoms with van der Waals surface area (Å²) < 4.78 is 31.4. The monoisotopic (exact) mass is 496 g/mol. The van der Waals surface area contributed by atoms with Crippen molar-refractivity contribution in [1.82, 2.24) is 5.43 Å². The molecule has 1 heterocycles. The Morgan fingerprint density at radius 1 is 1.00 bits per heavy atom. The van der Waals surface area contributed by atoms with Gasteiger partial charge in [0, 0.05) is 6.07 Å². The third-order valence-corrected chi connectivity index (χ3v) is 6.15. The van der Waals surface area contributed by atoms with Crippen LogP contribution < -0.4 is 9.99 Å². The van der Waals surface area contributed by atoms with Gasteiger partial charge in [0.1, 0.15) is 12.6 Å². The summed E-state index contributed by atoms with van der Waals surface area (Å²) in [5.41, 5.74) is 7.32. The molecule has 8 heteroatoms. The molecule has 0 atom stereocenters. The maximum Gasteiger partial charge on any atom is 0.294 e. The van der Waals surface area contributed by atoms with Crippen molar-refractivity contribution in [2.75, 3.05) is 0 Å². The molecule has 0 radical (unpaired) electrons. The second-order valence-corrected chi connectivity index (χ2v) is 9.76. The highest BCUT2D eigenvalue weighted by Gasteiger charge is 2.09. The number of carbonyl (C=O) groups is 1. The summed E-state index contributed by atoms with van der Waals surface area (Å²) in [6.07, 6.45) is 8.51. The first-order valence-electron chi connectivity index (χ1n) is 11.5. The zero-order valence-corrected chi connectivity index (χ0v) is 21.5. The second kappa shape index (κ2) is 13.5. The van der Waals surface area contributed by atoms with Gasteiger partial charge in [0.15, 0.2) is 12.4 Å². The molecule has 0 aliphatic rings. The molecule has 1 amide bonds. The first-order valence-corrected chi connectivity index (χ1v) is 13.0. The minimum atomic E-state index is -4.02. The zero-order valence-electron chi connectivity index (χ0n) is 20.7. The van der Waals surface area contributed by atoms with Crippen molar-refractivity contribution in [3.8, 4) is 0 Å². The van der Waals surface area contributed by atoms with Gasteiger partial charge in [-0.3, -0.25) is 9.35 Å². The van der Waals surface area contributed by atoms with Crippen LogP contribution in [-0.4, -0.2) is 24.6 Å². The summed E-state index contributed by atoms with van der Waals surface area (Å²) in [4.78, 5) is 12.0. The number of nitrogens with one attached hydrogen (secondary N) is 1. The van der Waals surface area contributed by atoms with Gasteiger partial charge in [-0.2, -0.15) is 13.5 Å². The van der Waals surface area contributed by atoms with Crippen LogP contribution in [0.2, 0.25) is 0 Å². The number of nitrogens with zero attached hydrogens (tertiary/aromatic N) is 2. The van der Waals surface area contributed by atoms with Gasteiger partial charge in [-0.1, -0.05) is 61.7 Å². The van der Waals surface area contributed by atoms with E-state index in [1.807, 2.05) is 37.7 Å². The van der Waals surface area contributed by atoms with Crippen molar-refractivity contribution in [1.29, 1.82) is 0 Å². The predicted molar refractivity (Wildman–Crippen MR) is 138 cm³/mol. The lowest BCUT2D eigenvalue weighted by Gasteiger charge is -2.05. The van der Waals surface area contributed by atoms with Gasteiger partial charge in [-0.05, 0) is 56.0 Å². The molecule has 0 aliphatic heterocycles. The molecule has 3 rings (SSSR count). The smallest absolute Gasteiger partial charge is 0.282 e. The molecule has 0 bridgehead atoms. The van der Waals surface area contributed by atoms with Gasteiger partial charge in [0.2, 0.25) is 0 Å². The molecule has 0 unspecified atom stereocenters. The van der Waals surface area contributed by atoms with Gasteiger partial charge in [-0.25, -0.2) is 9.99 Å². The number of pyridine rings is 1. The molecular formula is C27H34N3O4S+. The highest BCUT2D eigenvalue weighted by molar-refractivity contribution is 7.85. The number of aromatic nitrogens is 1. The summed E-state index contributed by atoms with van der Waals surface area (Å²) in [6, 6.07) is 18.0. The summed E-state index contributed by atoms with van der Waals surface area (Å²) in [5.74, 6) is -0.207. The van der Waals surface area contributed by atoms with Crippen molar-refractivity contribution in [3.05, 3.63) is 95.3 Å². The largest absolute Gasteiger partial charge is 0.294 e. The SMILES string of the molecule is CCCCCc1ccc(/C(C)=N/NC(=O)c2ccc[n+](C)c2)cc1.Cc1ccc(S(=O)(=O)O)cc1. The van der Waals surface area contributed by atoms with Gasteiger partial charge < -0.3 is 0 Å². The standard InChI is InChI=1S/C20H25N3O.C7H8O3S/c1-4-5-6-8-17-10-12-18(13-11-17)16(2)21-22-20(24)19-9-7-14-23(3)15-19;1-6-2-4-7(5-3-6)11(8,9)10/h7,9-15H,4-6,8H2,1-3H3;2-5H,1H3,(H,8,9,10)/p+1/b21-16+;. The summed E-state index contributed by atoms with van der Waals surface area (Å²) in [7, 11) is -2.14. The maximum atomic E-state index is 12.1. The Bertz CT molecular complexity index is 1240. The number of amides is 1. The van der Waals surface area contributed by atoms with E-state index < -0.39 is 10.1 Å². The molecule has 0 saturated heterocycles. The van der Waals surface area contributed by atoms with Crippen LogP contribution in [0, 0.1) is 6.92 Å². The van der Waals surface area contributed by atoms with Crippen molar-refractivity contribution in [3.63, 3.8) is 0 Å². The third kappa shape index (κ3) is 9.80. The molecule has 0 fully saturated rings. The van der Waals surface area contributed by atoms with Crippen LogP contribution >= 0.6 is 0 Å². The minimum Gasteiger partial charge on any atom is -0.282 e. The normalized spacial score (nSPS) is 11.4. The summed E-state index contributed by atoms with van der Waals surface area (Å²) >= 11 is 0. The lowest BCUT2D eigenvalue weighted by atomic mass is 10.0. The van der Waals surface area contributed by atoms with Gasteiger partial charge in [0.05, 0.1) is 10.6 Å². The van der Waals surface area contributed by atoms with E-state index in [0.29, 0.717) is 5.56 Å². The van der Waals surface area contributed by atoms with Crippen molar-refractivity contribution in [2.24, 2.45) is 12.1 Å². The molecule has 0 spiro atoms. The van der Waals surface area contributed by atoms with Crippen LogP contribution in [0.3, 0.4) is 0 Å². The first kappa shape index (κ1) is 27.9. The number of benzene rings is 2. The topological polar surface area (TPSA) is 99.7 Å². The molecule has 0 saturated carbocycles. The van der Waals surface area contributed by atoms with Crippen molar-refractivity contribution in [2.45, 2.75) is 51.3 Å². The molecule has 1 aromatic heterocycles. The van der Waals surface area contributed by atoms with Crippen LogP contribution in [0.15, 0.2) is 83.1 Å². The lowest BCUT2D eigenvalue weighted by molar-refractivity contribution is -0.671. The zero-order chi connectivity index (χ0) is 25.8. The Morgan fingerprint density at radius 3 is 2.23 bits per heavy atom. The number of hydrogen-bond acceptors (Lipinski definition) is 4. The van der Waals surface area contributed by atoms with Crippen LogP contribution in [0.4, 0.5) is 0 Å². The second-order valence-electron chi connectivity index (χ2n) is 8.34. The number of aryl methyl sites for hydroxylation is 3. The average molecular weight is 497 g/mol. The summed E-state index contributed by atoms with van der Waals surface area (Å²) in [5, 5.41) is 4.21. The van der Waals surface area contributed by atoms with E-state index in [1.54, 1.807) is 24.4 Å². The van der Waals surface area contributed by atoms with Gasteiger partial charge >= 0.3 is 0 Å². The highest BCUT2D eigenvalue weighted by Crippen LogP contribution is 2.10. The Balaban J connectivity index is 0.000000328. The van der Waals surface area contributed by atoms with E-state index in [9.17, 15) is 13.2 Å². The number of rotatable bonds is 8. The number of unbranched alkanes of at least 4 members (excludes halogenated alkanes) is 2. The maximum absolute atomic E-state index is 12.1. The fraction of sp³-hybridized carbons (Fsp3) is 0.296. The molecule has 186 valence electrons. The van der Waals surface area contributed by atoms with E-state index in [-0.39, 0.29) is 10.8 Å². The molecule has 0 aliphatic carbocycles. The Kier molecular flexibility index (Phi) is 10.8. The fourth-order valence-corrected chi connectivity index (χ4v) is 3.67. The highest BCUT2D eigenvalue weighted by atomic mass is 32.2. The number of hydrazone groups is 1. The van der Waals surface area contributed by atoms with Crippen LogP contribution in [0.5, 0.6) is 0 Å². The minimum absolute atomic E-state index is 0.0666. The van der Waals surface area contributed by atoms with E-state index >= 15 is 0 Å². The van der Waals surface area contributed by atoms with Crippen LogP contribution in [0.25, 0.3) is 0 Å². The molecule has 7 nitrogen and oxygen atoms in total. The summed E-state index contributed by atoms with van der Waals surface area (Å²) in [6.45, 7) is 5.96.